The third-order valence-electron chi connectivity index (χ3n) is 1.89. The molecule has 0 saturated heterocycles. The van der Waals surface area contributed by atoms with Crippen LogP contribution in [0.1, 0.15) is 38.5 Å². The standard InChI is InChI=1S/C10H18O5/c11-9(12)7-5-3-1-2-4-6-8-10(13,14)15/h5,7,13-15H,1-4,6,8H2,(H,11,12). The summed E-state index contributed by atoms with van der Waals surface area (Å²) in [7, 11) is 0. The van der Waals surface area contributed by atoms with Gasteiger partial charge in [0.1, 0.15) is 0 Å². The molecule has 88 valence electrons. The topological polar surface area (TPSA) is 98.0 Å². The molecule has 0 fully saturated rings. The van der Waals surface area contributed by atoms with Gasteiger partial charge < -0.3 is 20.4 Å². The van der Waals surface area contributed by atoms with E-state index < -0.39 is 11.9 Å². The van der Waals surface area contributed by atoms with E-state index in [2.05, 4.69) is 0 Å². The lowest BCUT2D eigenvalue weighted by molar-refractivity contribution is -0.315. The second-order valence-corrected chi connectivity index (χ2v) is 3.47. The summed E-state index contributed by atoms with van der Waals surface area (Å²) in [5.41, 5.74) is 0. The zero-order valence-corrected chi connectivity index (χ0v) is 8.59. The minimum atomic E-state index is -2.55. The van der Waals surface area contributed by atoms with Crippen LogP contribution >= 0.6 is 0 Å². The first-order valence-corrected chi connectivity index (χ1v) is 4.98. The number of carboxylic acids is 1. The van der Waals surface area contributed by atoms with Gasteiger partial charge in [-0.05, 0) is 19.3 Å². The number of allylic oxidation sites excluding steroid dienone is 1. The zero-order valence-electron chi connectivity index (χ0n) is 8.59. The van der Waals surface area contributed by atoms with Crippen molar-refractivity contribution < 1.29 is 25.2 Å². The van der Waals surface area contributed by atoms with Crippen molar-refractivity contribution in [2.45, 2.75) is 44.5 Å². The molecule has 5 nitrogen and oxygen atoms in total. The van der Waals surface area contributed by atoms with Crippen molar-refractivity contribution in [2.24, 2.45) is 0 Å². The first-order valence-electron chi connectivity index (χ1n) is 4.98. The van der Waals surface area contributed by atoms with Crippen LogP contribution in [0.2, 0.25) is 0 Å². The number of rotatable bonds is 8. The summed E-state index contributed by atoms with van der Waals surface area (Å²) in [6.45, 7) is 0. The predicted molar refractivity (Wildman–Crippen MR) is 53.9 cm³/mol. The van der Waals surface area contributed by atoms with Gasteiger partial charge in [-0.1, -0.05) is 18.9 Å². The van der Waals surface area contributed by atoms with Gasteiger partial charge in [-0.15, -0.1) is 0 Å². The molecule has 0 aliphatic heterocycles. The molecule has 0 unspecified atom stereocenters. The van der Waals surface area contributed by atoms with Crippen LogP contribution < -0.4 is 0 Å². The molecule has 0 amide bonds. The third-order valence-corrected chi connectivity index (χ3v) is 1.89. The van der Waals surface area contributed by atoms with Crippen LogP contribution in [0.5, 0.6) is 0 Å². The van der Waals surface area contributed by atoms with Crippen LogP contribution in [-0.2, 0) is 4.79 Å². The fourth-order valence-electron chi connectivity index (χ4n) is 1.16. The normalized spacial score (nSPS) is 12.2. The maximum atomic E-state index is 10.1. The van der Waals surface area contributed by atoms with Crippen LogP contribution in [-0.4, -0.2) is 32.4 Å². The van der Waals surface area contributed by atoms with E-state index in [1.807, 2.05) is 0 Å². The monoisotopic (exact) mass is 218 g/mol. The highest BCUT2D eigenvalue weighted by atomic mass is 16.7. The van der Waals surface area contributed by atoms with Crippen molar-refractivity contribution in [1.29, 1.82) is 0 Å². The van der Waals surface area contributed by atoms with Crippen molar-refractivity contribution in [1.82, 2.24) is 0 Å². The second-order valence-electron chi connectivity index (χ2n) is 3.47. The second kappa shape index (κ2) is 7.39. The minimum absolute atomic E-state index is 0.0576. The summed E-state index contributed by atoms with van der Waals surface area (Å²) in [5, 5.41) is 33.9. The Balaban J connectivity index is 3.22. The Bertz CT molecular complexity index is 204. The number of hydrogen-bond donors (Lipinski definition) is 4. The SMILES string of the molecule is O=C(O)C=CCCCCCCC(O)(O)O. The van der Waals surface area contributed by atoms with E-state index in [-0.39, 0.29) is 6.42 Å². The number of hydrogen-bond acceptors (Lipinski definition) is 4. The average Bonchev–Trinajstić information content (AvgIpc) is 2.07. The van der Waals surface area contributed by atoms with Gasteiger partial charge in [0.15, 0.2) is 0 Å². The molecule has 4 N–H and O–H groups in total. The van der Waals surface area contributed by atoms with E-state index >= 15 is 0 Å². The van der Waals surface area contributed by atoms with E-state index in [0.29, 0.717) is 12.8 Å². The lowest BCUT2D eigenvalue weighted by atomic mass is 10.1. The maximum Gasteiger partial charge on any atom is 0.327 e. The summed E-state index contributed by atoms with van der Waals surface area (Å²) in [6.07, 6.45) is 6.40. The molecular formula is C10H18O5. The molecule has 0 aliphatic rings. The molecular weight excluding hydrogens is 200 g/mol. The number of unbranched alkanes of at least 4 members (excludes halogenated alkanes) is 4. The summed E-state index contributed by atoms with van der Waals surface area (Å²) in [4.78, 5) is 10.1. The average molecular weight is 218 g/mol. The van der Waals surface area contributed by atoms with Crippen LogP contribution in [0.3, 0.4) is 0 Å². The van der Waals surface area contributed by atoms with Crippen LogP contribution in [0.25, 0.3) is 0 Å². The molecule has 0 aliphatic carbocycles. The molecule has 0 saturated carbocycles. The van der Waals surface area contributed by atoms with Crippen LogP contribution in [0, 0.1) is 0 Å². The summed E-state index contributed by atoms with van der Waals surface area (Å²) in [5.74, 6) is -3.50. The molecule has 0 spiro atoms. The quantitative estimate of drug-likeness (QED) is 0.272. The first-order chi connectivity index (χ1) is 6.92. The molecule has 15 heavy (non-hydrogen) atoms. The molecule has 0 aromatic rings. The maximum absolute atomic E-state index is 10.1. The lowest BCUT2D eigenvalue weighted by Gasteiger charge is -2.12. The Morgan fingerprint density at radius 2 is 1.67 bits per heavy atom. The number of carboxylic acid groups (broad SMARTS) is 1. The van der Waals surface area contributed by atoms with E-state index in [1.54, 1.807) is 6.08 Å². The molecule has 0 radical (unpaired) electrons. The van der Waals surface area contributed by atoms with Gasteiger partial charge in [-0.25, -0.2) is 4.79 Å². The van der Waals surface area contributed by atoms with E-state index in [4.69, 9.17) is 20.4 Å². The minimum Gasteiger partial charge on any atom is -0.478 e. The fourth-order valence-corrected chi connectivity index (χ4v) is 1.16. The Morgan fingerprint density at radius 3 is 2.20 bits per heavy atom. The van der Waals surface area contributed by atoms with E-state index in [9.17, 15) is 4.79 Å². The van der Waals surface area contributed by atoms with E-state index in [0.717, 1.165) is 25.3 Å². The lowest BCUT2D eigenvalue weighted by Crippen LogP contribution is -2.26. The van der Waals surface area contributed by atoms with Crippen molar-refractivity contribution in [2.75, 3.05) is 0 Å². The van der Waals surface area contributed by atoms with Crippen LogP contribution in [0.4, 0.5) is 0 Å². The smallest absolute Gasteiger partial charge is 0.327 e. The van der Waals surface area contributed by atoms with Crippen molar-refractivity contribution >= 4 is 5.97 Å². The first kappa shape index (κ1) is 14.1. The van der Waals surface area contributed by atoms with Crippen LogP contribution in [0.15, 0.2) is 12.2 Å². The summed E-state index contributed by atoms with van der Waals surface area (Å²) in [6, 6.07) is 0. The highest BCUT2D eigenvalue weighted by Crippen LogP contribution is 2.10. The Kier molecular flexibility index (Phi) is 6.94. The Hall–Kier alpha value is -0.910. The predicted octanol–water partition coefficient (Wildman–Crippen LogP) is 0.599. The van der Waals surface area contributed by atoms with Crippen molar-refractivity contribution in [3.05, 3.63) is 12.2 Å². The molecule has 0 heterocycles. The molecule has 5 heteroatoms. The van der Waals surface area contributed by atoms with Gasteiger partial charge in [0, 0.05) is 12.5 Å². The zero-order chi connectivity index (χ0) is 11.7. The van der Waals surface area contributed by atoms with Gasteiger partial charge in [0.2, 0.25) is 0 Å². The molecule has 0 aromatic carbocycles. The molecule has 0 rings (SSSR count). The summed E-state index contributed by atoms with van der Waals surface area (Å²) < 4.78 is 0. The number of carbonyl (C=O) groups is 1. The summed E-state index contributed by atoms with van der Waals surface area (Å²) >= 11 is 0. The highest BCUT2D eigenvalue weighted by molar-refractivity contribution is 5.79. The molecule has 0 aromatic heterocycles. The van der Waals surface area contributed by atoms with Gasteiger partial charge in [-0.2, -0.15) is 0 Å². The van der Waals surface area contributed by atoms with E-state index in [1.165, 1.54) is 0 Å². The van der Waals surface area contributed by atoms with Gasteiger partial charge >= 0.3 is 5.97 Å². The number of aliphatic hydroxyl groups is 3. The largest absolute Gasteiger partial charge is 0.478 e. The third kappa shape index (κ3) is 13.1. The number of aliphatic carboxylic acids is 1. The van der Waals surface area contributed by atoms with Crippen molar-refractivity contribution in [3.8, 4) is 0 Å². The molecule has 0 atom stereocenters. The highest BCUT2D eigenvalue weighted by Gasteiger charge is 2.16. The van der Waals surface area contributed by atoms with Gasteiger partial charge in [0.25, 0.3) is 5.97 Å². The fraction of sp³-hybridized carbons (Fsp3) is 0.700. The molecule has 0 bridgehead atoms. The van der Waals surface area contributed by atoms with Gasteiger partial charge in [0.05, 0.1) is 0 Å². The van der Waals surface area contributed by atoms with Crippen molar-refractivity contribution in [3.63, 3.8) is 0 Å². The Morgan fingerprint density at radius 1 is 1.07 bits per heavy atom. The Labute approximate surface area is 88.7 Å². The van der Waals surface area contributed by atoms with Gasteiger partial charge in [-0.3, -0.25) is 0 Å².